The molecular formula is C24H27F4N5O2. The van der Waals surface area contributed by atoms with Gasteiger partial charge in [0, 0.05) is 17.5 Å². The van der Waals surface area contributed by atoms with Crippen LogP contribution in [0.1, 0.15) is 54.6 Å². The average molecular weight is 494 g/mol. The standard InChI is InChI=1S/C24H27F4N5O2/c1-31(2)23(16-4-3-5-17(25)12-16)10-8-22(9-11-23)14-32(21(35)29-22)19-13-18(24(26,27)28)30-33(19)20(34)15-6-7-15/h3-5,12-13,15H,6-11,14H2,1-2H3,(H,29,35)/t22-,23-. The van der Waals surface area contributed by atoms with Crippen molar-refractivity contribution >= 4 is 17.8 Å². The maximum Gasteiger partial charge on any atom is 0.435 e. The molecule has 1 spiro atoms. The molecule has 188 valence electrons. The van der Waals surface area contributed by atoms with E-state index in [1.807, 2.05) is 20.2 Å². The van der Waals surface area contributed by atoms with Crippen LogP contribution in [0.5, 0.6) is 0 Å². The number of hydrogen-bond acceptors (Lipinski definition) is 4. The normalized spacial score (nSPS) is 27.1. The molecule has 5 rings (SSSR count). The molecule has 1 aromatic carbocycles. The van der Waals surface area contributed by atoms with E-state index >= 15 is 0 Å². The predicted molar refractivity (Wildman–Crippen MR) is 119 cm³/mol. The minimum atomic E-state index is -4.74. The van der Waals surface area contributed by atoms with Crippen molar-refractivity contribution in [2.75, 3.05) is 25.5 Å². The number of nitrogens with one attached hydrogen (secondary N) is 1. The molecule has 1 saturated heterocycles. The van der Waals surface area contributed by atoms with E-state index in [-0.39, 0.29) is 24.1 Å². The van der Waals surface area contributed by atoms with Crippen molar-refractivity contribution in [3.63, 3.8) is 0 Å². The minimum Gasteiger partial charge on any atom is -0.330 e. The van der Waals surface area contributed by atoms with Crippen molar-refractivity contribution in [1.82, 2.24) is 20.0 Å². The van der Waals surface area contributed by atoms with E-state index in [1.54, 1.807) is 6.07 Å². The number of carbonyl (C=O) groups is 2. The zero-order chi connectivity index (χ0) is 25.2. The highest BCUT2D eigenvalue weighted by molar-refractivity contribution is 5.97. The molecule has 3 aliphatic rings. The smallest absolute Gasteiger partial charge is 0.330 e. The summed E-state index contributed by atoms with van der Waals surface area (Å²) in [6.45, 7) is 0.124. The SMILES string of the molecule is CN(C)[C@]1(c2cccc(F)c2)CC[C@@]2(CC1)CN(c1cc(C(F)(F)F)nn1C(=O)C1CC1)C(=O)N2. The van der Waals surface area contributed by atoms with Crippen LogP contribution in [-0.2, 0) is 11.7 Å². The molecule has 11 heteroatoms. The Balaban J connectivity index is 1.42. The highest BCUT2D eigenvalue weighted by Crippen LogP contribution is 2.47. The van der Waals surface area contributed by atoms with Crippen molar-refractivity contribution < 1.29 is 27.2 Å². The first kappa shape index (κ1) is 23.8. The quantitative estimate of drug-likeness (QED) is 0.642. The van der Waals surface area contributed by atoms with E-state index in [4.69, 9.17) is 0 Å². The van der Waals surface area contributed by atoms with E-state index in [1.165, 1.54) is 17.0 Å². The molecule has 2 aliphatic carbocycles. The van der Waals surface area contributed by atoms with Crippen LogP contribution in [0.3, 0.4) is 0 Å². The number of alkyl halides is 3. The number of urea groups is 1. The van der Waals surface area contributed by atoms with Crippen LogP contribution in [0.25, 0.3) is 0 Å². The van der Waals surface area contributed by atoms with Crippen molar-refractivity contribution in [3.05, 3.63) is 47.4 Å². The zero-order valence-corrected chi connectivity index (χ0v) is 19.5. The molecule has 2 saturated carbocycles. The Morgan fingerprint density at radius 3 is 2.40 bits per heavy atom. The summed E-state index contributed by atoms with van der Waals surface area (Å²) in [5, 5.41) is 6.50. The van der Waals surface area contributed by atoms with Gasteiger partial charge >= 0.3 is 12.2 Å². The van der Waals surface area contributed by atoms with Crippen molar-refractivity contribution in [2.24, 2.45) is 5.92 Å². The summed E-state index contributed by atoms with van der Waals surface area (Å²) in [5.74, 6) is -1.36. The highest BCUT2D eigenvalue weighted by atomic mass is 19.4. The van der Waals surface area contributed by atoms with Crippen LogP contribution in [0, 0.1) is 11.7 Å². The van der Waals surface area contributed by atoms with Gasteiger partial charge < -0.3 is 5.32 Å². The van der Waals surface area contributed by atoms with Gasteiger partial charge in [0.15, 0.2) is 5.69 Å². The van der Waals surface area contributed by atoms with Gasteiger partial charge in [-0.05, 0) is 70.3 Å². The van der Waals surface area contributed by atoms with E-state index < -0.39 is 34.9 Å². The van der Waals surface area contributed by atoms with E-state index in [9.17, 15) is 27.2 Å². The number of aromatic nitrogens is 2. The number of carbonyl (C=O) groups excluding carboxylic acids is 2. The number of hydrogen-bond donors (Lipinski definition) is 1. The zero-order valence-electron chi connectivity index (χ0n) is 19.5. The number of benzene rings is 1. The molecule has 0 unspecified atom stereocenters. The third-order valence-corrected chi connectivity index (χ3v) is 7.72. The Hall–Kier alpha value is -2.95. The summed E-state index contributed by atoms with van der Waals surface area (Å²) < 4.78 is 55.0. The lowest BCUT2D eigenvalue weighted by molar-refractivity contribution is -0.141. The first-order chi connectivity index (χ1) is 16.4. The van der Waals surface area contributed by atoms with Crippen LogP contribution in [0.2, 0.25) is 0 Å². The van der Waals surface area contributed by atoms with Crippen LogP contribution in [0.4, 0.5) is 28.2 Å². The molecule has 1 aromatic heterocycles. The number of amides is 2. The number of anilines is 1. The third kappa shape index (κ3) is 4.09. The van der Waals surface area contributed by atoms with E-state index in [2.05, 4.69) is 15.3 Å². The Bertz CT molecular complexity index is 1160. The summed E-state index contributed by atoms with van der Waals surface area (Å²) in [5.41, 5.74) is -1.45. The first-order valence-corrected chi connectivity index (χ1v) is 11.7. The summed E-state index contributed by atoms with van der Waals surface area (Å²) >= 11 is 0. The first-order valence-electron chi connectivity index (χ1n) is 11.7. The van der Waals surface area contributed by atoms with Gasteiger partial charge in [0.25, 0.3) is 5.91 Å². The fourth-order valence-corrected chi connectivity index (χ4v) is 5.46. The Morgan fingerprint density at radius 1 is 1.14 bits per heavy atom. The summed E-state index contributed by atoms with van der Waals surface area (Å²) in [4.78, 5) is 28.9. The lowest BCUT2D eigenvalue weighted by atomic mass is 9.69. The predicted octanol–water partition coefficient (Wildman–Crippen LogP) is 4.39. The molecule has 2 heterocycles. The van der Waals surface area contributed by atoms with Gasteiger partial charge in [0.05, 0.1) is 12.1 Å². The van der Waals surface area contributed by atoms with Gasteiger partial charge in [-0.3, -0.25) is 14.6 Å². The molecule has 35 heavy (non-hydrogen) atoms. The van der Waals surface area contributed by atoms with Gasteiger partial charge in [0.2, 0.25) is 0 Å². The van der Waals surface area contributed by atoms with E-state index in [0.29, 0.717) is 38.5 Å². The van der Waals surface area contributed by atoms with Crippen molar-refractivity contribution in [3.8, 4) is 0 Å². The largest absolute Gasteiger partial charge is 0.435 e. The van der Waals surface area contributed by atoms with Gasteiger partial charge in [-0.15, -0.1) is 0 Å². The minimum absolute atomic E-state index is 0.124. The molecule has 0 bridgehead atoms. The topological polar surface area (TPSA) is 70.5 Å². The van der Waals surface area contributed by atoms with Gasteiger partial charge in [-0.1, -0.05) is 12.1 Å². The average Bonchev–Trinajstić information content (AvgIpc) is 3.46. The lowest BCUT2D eigenvalue weighted by Crippen LogP contribution is -2.54. The van der Waals surface area contributed by atoms with Gasteiger partial charge in [-0.2, -0.15) is 23.0 Å². The number of nitrogens with zero attached hydrogens (tertiary/aromatic N) is 4. The van der Waals surface area contributed by atoms with Crippen LogP contribution in [-0.4, -0.2) is 52.8 Å². The summed E-state index contributed by atoms with van der Waals surface area (Å²) in [6.07, 6.45) is -1.22. The molecule has 0 radical (unpaired) electrons. The van der Waals surface area contributed by atoms with Crippen LogP contribution >= 0.6 is 0 Å². The fourth-order valence-electron chi connectivity index (χ4n) is 5.46. The molecule has 2 amide bonds. The Kier molecular flexibility index (Phi) is 5.46. The van der Waals surface area contributed by atoms with Crippen molar-refractivity contribution in [1.29, 1.82) is 0 Å². The molecule has 0 atom stereocenters. The summed E-state index contributed by atoms with van der Waals surface area (Å²) in [6, 6.07) is 6.72. The molecule has 2 aromatic rings. The van der Waals surface area contributed by atoms with Crippen LogP contribution in [0.15, 0.2) is 30.3 Å². The Morgan fingerprint density at radius 2 is 1.83 bits per heavy atom. The van der Waals surface area contributed by atoms with Gasteiger partial charge in [-0.25, -0.2) is 9.18 Å². The highest BCUT2D eigenvalue weighted by Gasteiger charge is 2.52. The third-order valence-electron chi connectivity index (χ3n) is 7.72. The molecular weight excluding hydrogens is 466 g/mol. The van der Waals surface area contributed by atoms with Crippen molar-refractivity contribution in [2.45, 2.75) is 55.8 Å². The fraction of sp³-hybridized carbons (Fsp3) is 0.542. The second-order valence-corrected chi connectivity index (χ2v) is 10.1. The number of halogens is 4. The molecule has 1 aliphatic heterocycles. The van der Waals surface area contributed by atoms with E-state index in [0.717, 1.165) is 16.3 Å². The molecule has 7 nitrogen and oxygen atoms in total. The Labute approximate surface area is 200 Å². The lowest BCUT2D eigenvalue weighted by Gasteiger charge is -2.48. The monoisotopic (exact) mass is 493 g/mol. The maximum atomic E-state index is 14.0. The second kappa shape index (κ2) is 8.04. The van der Waals surface area contributed by atoms with Crippen LogP contribution < -0.4 is 10.2 Å². The summed E-state index contributed by atoms with van der Waals surface area (Å²) in [7, 11) is 3.87. The maximum absolute atomic E-state index is 14.0. The molecule has 3 fully saturated rings. The molecule has 1 N–H and O–H groups in total. The van der Waals surface area contributed by atoms with Gasteiger partial charge in [0.1, 0.15) is 11.6 Å². The number of rotatable bonds is 4. The second-order valence-electron chi connectivity index (χ2n) is 10.1.